The van der Waals surface area contributed by atoms with Gasteiger partial charge in [-0.25, -0.2) is 0 Å². The number of hydrogen-bond donors (Lipinski definition) is 1. The molecule has 0 aliphatic carbocycles. The average molecular weight is 248 g/mol. The molecule has 0 saturated heterocycles. The van der Waals surface area contributed by atoms with Gasteiger partial charge < -0.3 is 10.6 Å². The van der Waals surface area contributed by atoms with Gasteiger partial charge in [0.1, 0.15) is 0 Å². The van der Waals surface area contributed by atoms with Gasteiger partial charge >= 0.3 is 0 Å². The van der Waals surface area contributed by atoms with Crippen LogP contribution in [0.4, 0.5) is 0 Å². The lowest BCUT2D eigenvalue weighted by molar-refractivity contribution is 0.298. The van der Waals surface area contributed by atoms with Crippen molar-refractivity contribution < 1.29 is 0 Å². The molecule has 2 heteroatoms. The number of aryl methyl sites for hydroxylation is 1. The molecule has 0 heterocycles. The first kappa shape index (κ1) is 15.2. The third-order valence-corrected chi connectivity index (χ3v) is 3.50. The van der Waals surface area contributed by atoms with E-state index in [0.717, 1.165) is 25.4 Å². The molecule has 2 N–H and O–H groups in total. The van der Waals surface area contributed by atoms with E-state index in [0.29, 0.717) is 0 Å². The van der Waals surface area contributed by atoms with Crippen molar-refractivity contribution in [3.63, 3.8) is 0 Å². The third kappa shape index (κ3) is 5.19. The van der Waals surface area contributed by atoms with Crippen LogP contribution in [0.3, 0.4) is 0 Å². The van der Waals surface area contributed by atoms with Gasteiger partial charge in [-0.3, -0.25) is 0 Å². The number of nitrogens with zero attached hydrogens (tertiary/aromatic N) is 1. The lowest BCUT2D eigenvalue weighted by Crippen LogP contribution is -2.25. The van der Waals surface area contributed by atoms with Crippen molar-refractivity contribution in [3.8, 4) is 0 Å². The summed E-state index contributed by atoms with van der Waals surface area (Å²) in [6.45, 7) is 8.91. The molecule has 1 atom stereocenters. The Hall–Kier alpha value is -0.860. The van der Waals surface area contributed by atoms with Crippen LogP contribution in [0.2, 0.25) is 0 Å². The Morgan fingerprint density at radius 3 is 2.33 bits per heavy atom. The van der Waals surface area contributed by atoms with Gasteiger partial charge in [-0.1, -0.05) is 38.1 Å². The SMILES string of the molecule is Cc1ccccc1C(N)CCN(C)CCC(C)C. The molecule has 18 heavy (non-hydrogen) atoms. The van der Waals surface area contributed by atoms with Crippen LogP contribution in [0.25, 0.3) is 0 Å². The molecule has 1 aromatic carbocycles. The predicted molar refractivity (Wildman–Crippen MR) is 79.7 cm³/mol. The van der Waals surface area contributed by atoms with E-state index in [2.05, 4.69) is 57.0 Å². The Kier molecular flexibility index (Phi) is 6.37. The first-order valence-corrected chi connectivity index (χ1v) is 7.00. The van der Waals surface area contributed by atoms with Crippen molar-refractivity contribution in [2.45, 2.75) is 39.7 Å². The number of rotatable bonds is 7. The van der Waals surface area contributed by atoms with E-state index in [1.807, 2.05) is 0 Å². The van der Waals surface area contributed by atoms with Crippen LogP contribution in [0.1, 0.15) is 43.9 Å². The molecule has 1 rings (SSSR count). The maximum Gasteiger partial charge on any atom is 0.0309 e. The van der Waals surface area contributed by atoms with Crippen molar-refractivity contribution in [1.82, 2.24) is 4.90 Å². The van der Waals surface area contributed by atoms with E-state index in [-0.39, 0.29) is 6.04 Å². The molecule has 0 aromatic heterocycles. The summed E-state index contributed by atoms with van der Waals surface area (Å²) >= 11 is 0. The molecule has 0 aliphatic rings. The first-order valence-electron chi connectivity index (χ1n) is 7.00. The lowest BCUT2D eigenvalue weighted by atomic mass is 9.99. The van der Waals surface area contributed by atoms with Crippen molar-refractivity contribution in [2.75, 3.05) is 20.1 Å². The van der Waals surface area contributed by atoms with Gasteiger partial charge in [0.05, 0.1) is 0 Å². The minimum Gasteiger partial charge on any atom is -0.324 e. The van der Waals surface area contributed by atoms with Gasteiger partial charge in [-0.2, -0.15) is 0 Å². The molecule has 2 nitrogen and oxygen atoms in total. The second kappa shape index (κ2) is 7.55. The maximum absolute atomic E-state index is 6.27. The molecule has 0 aliphatic heterocycles. The van der Waals surface area contributed by atoms with Crippen LogP contribution in [-0.4, -0.2) is 25.0 Å². The zero-order valence-corrected chi connectivity index (χ0v) is 12.3. The van der Waals surface area contributed by atoms with E-state index in [4.69, 9.17) is 5.73 Å². The Balaban J connectivity index is 2.37. The standard InChI is InChI=1S/C16H28N2/c1-13(2)9-11-18(4)12-10-16(17)15-8-6-5-7-14(15)3/h5-8,13,16H,9-12,17H2,1-4H3. The smallest absolute Gasteiger partial charge is 0.0309 e. The summed E-state index contributed by atoms with van der Waals surface area (Å²) in [6.07, 6.45) is 2.29. The van der Waals surface area contributed by atoms with E-state index in [9.17, 15) is 0 Å². The largest absolute Gasteiger partial charge is 0.324 e. The second-order valence-corrected chi connectivity index (χ2v) is 5.74. The summed E-state index contributed by atoms with van der Waals surface area (Å²) in [6, 6.07) is 8.59. The molecule has 0 fully saturated rings. The minimum atomic E-state index is 0.160. The molecule has 1 aromatic rings. The summed E-state index contributed by atoms with van der Waals surface area (Å²) in [5.41, 5.74) is 8.86. The highest BCUT2D eigenvalue weighted by Gasteiger charge is 2.09. The fourth-order valence-electron chi connectivity index (χ4n) is 2.11. The molecule has 0 saturated carbocycles. The van der Waals surface area contributed by atoms with Gasteiger partial charge in [0, 0.05) is 6.04 Å². The van der Waals surface area contributed by atoms with E-state index < -0.39 is 0 Å². The van der Waals surface area contributed by atoms with Crippen LogP contribution in [-0.2, 0) is 0 Å². The fraction of sp³-hybridized carbons (Fsp3) is 0.625. The number of nitrogens with two attached hydrogens (primary N) is 1. The molecule has 0 spiro atoms. The molecule has 1 unspecified atom stereocenters. The third-order valence-electron chi connectivity index (χ3n) is 3.50. The van der Waals surface area contributed by atoms with Gasteiger partial charge in [0.2, 0.25) is 0 Å². The van der Waals surface area contributed by atoms with Crippen molar-refractivity contribution in [1.29, 1.82) is 0 Å². The molecular weight excluding hydrogens is 220 g/mol. The molecular formula is C16H28N2. The van der Waals surface area contributed by atoms with Crippen LogP contribution >= 0.6 is 0 Å². The molecule has 102 valence electrons. The van der Waals surface area contributed by atoms with Crippen LogP contribution in [0.5, 0.6) is 0 Å². The van der Waals surface area contributed by atoms with Gasteiger partial charge in [0.25, 0.3) is 0 Å². The number of benzene rings is 1. The fourth-order valence-corrected chi connectivity index (χ4v) is 2.11. The monoisotopic (exact) mass is 248 g/mol. The normalized spacial score (nSPS) is 13.3. The summed E-state index contributed by atoms with van der Waals surface area (Å²) in [5.74, 6) is 0.775. The van der Waals surface area contributed by atoms with Crippen LogP contribution < -0.4 is 5.73 Å². The Morgan fingerprint density at radius 2 is 1.72 bits per heavy atom. The van der Waals surface area contributed by atoms with E-state index in [1.165, 1.54) is 17.5 Å². The zero-order chi connectivity index (χ0) is 13.5. The van der Waals surface area contributed by atoms with Gasteiger partial charge in [-0.15, -0.1) is 0 Å². The molecule has 0 amide bonds. The first-order chi connectivity index (χ1) is 8.50. The van der Waals surface area contributed by atoms with E-state index >= 15 is 0 Å². The Bertz CT molecular complexity index is 347. The predicted octanol–water partition coefficient (Wildman–Crippen LogP) is 3.36. The highest BCUT2D eigenvalue weighted by Crippen LogP contribution is 2.18. The summed E-state index contributed by atoms with van der Waals surface area (Å²) in [7, 11) is 2.19. The Labute approximate surface area is 112 Å². The van der Waals surface area contributed by atoms with Crippen LogP contribution in [0.15, 0.2) is 24.3 Å². The average Bonchev–Trinajstić information content (AvgIpc) is 2.34. The summed E-state index contributed by atoms with van der Waals surface area (Å²) in [5, 5.41) is 0. The zero-order valence-electron chi connectivity index (χ0n) is 12.3. The topological polar surface area (TPSA) is 29.3 Å². The Morgan fingerprint density at radius 1 is 1.11 bits per heavy atom. The second-order valence-electron chi connectivity index (χ2n) is 5.74. The van der Waals surface area contributed by atoms with Crippen molar-refractivity contribution in [3.05, 3.63) is 35.4 Å². The van der Waals surface area contributed by atoms with Gasteiger partial charge in [0.15, 0.2) is 0 Å². The molecule has 0 radical (unpaired) electrons. The number of hydrogen-bond acceptors (Lipinski definition) is 2. The van der Waals surface area contributed by atoms with E-state index in [1.54, 1.807) is 0 Å². The summed E-state index contributed by atoms with van der Waals surface area (Å²) < 4.78 is 0. The summed E-state index contributed by atoms with van der Waals surface area (Å²) in [4.78, 5) is 2.39. The van der Waals surface area contributed by atoms with Crippen molar-refractivity contribution in [2.24, 2.45) is 11.7 Å². The highest BCUT2D eigenvalue weighted by atomic mass is 15.1. The quantitative estimate of drug-likeness (QED) is 0.801. The minimum absolute atomic E-state index is 0.160. The van der Waals surface area contributed by atoms with Gasteiger partial charge in [-0.05, 0) is 56.9 Å². The van der Waals surface area contributed by atoms with Crippen LogP contribution in [0, 0.1) is 12.8 Å². The van der Waals surface area contributed by atoms with Crippen molar-refractivity contribution >= 4 is 0 Å². The highest BCUT2D eigenvalue weighted by molar-refractivity contribution is 5.28. The molecule has 0 bridgehead atoms. The maximum atomic E-state index is 6.27. The lowest BCUT2D eigenvalue weighted by Gasteiger charge is -2.21.